The van der Waals surface area contributed by atoms with Crippen LogP contribution in [0.1, 0.15) is 18.9 Å². The lowest BCUT2D eigenvalue weighted by atomic mass is 10.2. The molecular formula is C10H17NOS. The molecule has 0 unspecified atom stereocenters. The first-order valence-electron chi connectivity index (χ1n) is 4.72. The number of hydrogen-bond donors (Lipinski definition) is 2. The van der Waals surface area contributed by atoms with Crippen molar-refractivity contribution >= 4 is 11.3 Å². The third kappa shape index (κ3) is 3.89. The maximum atomic E-state index is 8.92. The van der Waals surface area contributed by atoms with Gasteiger partial charge < -0.3 is 10.4 Å². The Balaban J connectivity index is 2.13. The summed E-state index contributed by atoms with van der Waals surface area (Å²) < 4.78 is 0. The topological polar surface area (TPSA) is 32.3 Å². The predicted octanol–water partition coefficient (Wildman–Crippen LogP) is 1.65. The summed E-state index contributed by atoms with van der Waals surface area (Å²) in [4.78, 5) is 0. The lowest BCUT2D eigenvalue weighted by Gasteiger charge is -2.12. The van der Waals surface area contributed by atoms with Gasteiger partial charge in [-0.3, -0.25) is 0 Å². The molecule has 0 fully saturated rings. The highest BCUT2D eigenvalue weighted by atomic mass is 32.1. The largest absolute Gasteiger partial charge is 0.395 e. The monoisotopic (exact) mass is 199 g/mol. The van der Waals surface area contributed by atoms with Crippen LogP contribution >= 0.6 is 11.3 Å². The van der Waals surface area contributed by atoms with E-state index in [-0.39, 0.29) is 12.6 Å². The Morgan fingerprint density at radius 3 is 3.00 bits per heavy atom. The molecule has 0 aliphatic carbocycles. The summed E-state index contributed by atoms with van der Waals surface area (Å²) in [5.41, 5.74) is 1.38. The van der Waals surface area contributed by atoms with E-state index in [1.807, 2.05) is 0 Å². The van der Waals surface area contributed by atoms with Gasteiger partial charge in [0.15, 0.2) is 0 Å². The van der Waals surface area contributed by atoms with Crippen molar-refractivity contribution in [3.05, 3.63) is 22.4 Å². The van der Waals surface area contributed by atoms with Crippen molar-refractivity contribution in [1.82, 2.24) is 5.32 Å². The Morgan fingerprint density at radius 1 is 1.62 bits per heavy atom. The molecule has 13 heavy (non-hydrogen) atoms. The minimum atomic E-state index is 0.236. The minimum absolute atomic E-state index is 0.236. The van der Waals surface area contributed by atoms with Crippen LogP contribution in [0.15, 0.2) is 16.8 Å². The van der Waals surface area contributed by atoms with E-state index in [4.69, 9.17) is 5.11 Å². The van der Waals surface area contributed by atoms with Crippen LogP contribution in [-0.4, -0.2) is 24.3 Å². The molecule has 3 heteroatoms. The normalized spacial score (nSPS) is 13.1. The standard InChI is InChI=1S/C10H17NOS/c1-2-10(7-12)11-5-3-9-4-6-13-8-9/h4,6,8,10-12H,2-3,5,7H2,1H3/t10-/m0/s1. The highest BCUT2D eigenvalue weighted by molar-refractivity contribution is 7.07. The Labute approximate surface area is 83.6 Å². The van der Waals surface area contributed by atoms with Crippen LogP contribution in [0, 0.1) is 0 Å². The first-order chi connectivity index (χ1) is 6.36. The average molecular weight is 199 g/mol. The van der Waals surface area contributed by atoms with E-state index in [9.17, 15) is 0 Å². The van der Waals surface area contributed by atoms with Gasteiger partial charge in [-0.1, -0.05) is 6.92 Å². The Kier molecular flexibility index (Phi) is 5.05. The van der Waals surface area contributed by atoms with Gasteiger partial charge in [0.2, 0.25) is 0 Å². The predicted molar refractivity (Wildman–Crippen MR) is 57.2 cm³/mol. The van der Waals surface area contributed by atoms with Gasteiger partial charge in [0.1, 0.15) is 0 Å². The number of aliphatic hydroxyl groups excluding tert-OH is 1. The van der Waals surface area contributed by atoms with Gasteiger partial charge in [0.05, 0.1) is 6.61 Å². The highest BCUT2D eigenvalue weighted by Gasteiger charge is 2.02. The Hall–Kier alpha value is -0.380. The van der Waals surface area contributed by atoms with Gasteiger partial charge in [0.25, 0.3) is 0 Å². The van der Waals surface area contributed by atoms with Crippen LogP contribution in [0.2, 0.25) is 0 Å². The van der Waals surface area contributed by atoms with Gasteiger partial charge in [-0.25, -0.2) is 0 Å². The molecule has 0 saturated heterocycles. The van der Waals surface area contributed by atoms with Gasteiger partial charge in [0, 0.05) is 6.04 Å². The summed E-state index contributed by atoms with van der Waals surface area (Å²) in [5, 5.41) is 16.5. The third-order valence-corrected chi connectivity index (χ3v) is 2.87. The number of aliphatic hydroxyl groups is 1. The molecule has 0 amide bonds. The van der Waals surface area contributed by atoms with E-state index in [0.29, 0.717) is 0 Å². The molecule has 0 spiro atoms. The lowest BCUT2D eigenvalue weighted by Crippen LogP contribution is -2.33. The zero-order valence-electron chi connectivity index (χ0n) is 7.99. The molecule has 1 aromatic rings. The van der Waals surface area contributed by atoms with Gasteiger partial charge in [-0.2, -0.15) is 11.3 Å². The van der Waals surface area contributed by atoms with E-state index in [1.165, 1.54) is 5.56 Å². The van der Waals surface area contributed by atoms with E-state index in [2.05, 4.69) is 29.1 Å². The maximum absolute atomic E-state index is 8.92. The van der Waals surface area contributed by atoms with Crippen LogP contribution in [-0.2, 0) is 6.42 Å². The summed E-state index contributed by atoms with van der Waals surface area (Å²) in [7, 11) is 0. The summed E-state index contributed by atoms with van der Waals surface area (Å²) in [6, 6.07) is 2.41. The van der Waals surface area contributed by atoms with Crippen molar-refractivity contribution in [2.45, 2.75) is 25.8 Å². The molecule has 1 aromatic heterocycles. The second-order valence-electron chi connectivity index (χ2n) is 3.12. The second kappa shape index (κ2) is 6.13. The van der Waals surface area contributed by atoms with Crippen molar-refractivity contribution in [1.29, 1.82) is 0 Å². The molecular weight excluding hydrogens is 182 g/mol. The first kappa shape index (κ1) is 10.7. The molecule has 0 radical (unpaired) electrons. The molecule has 0 aliphatic rings. The smallest absolute Gasteiger partial charge is 0.0584 e. The molecule has 0 bridgehead atoms. The second-order valence-corrected chi connectivity index (χ2v) is 3.90. The van der Waals surface area contributed by atoms with Crippen molar-refractivity contribution in [2.75, 3.05) is 13.2 Å². The fourth-order valence-electron chi connectivity index (χ4n) is 1.19. The van der Waals surface area contributed by atoms with E-state index in [1.54, 1.807) is 11.3 Å². The molecule has 0 saturated carbocycles. The molecule has 2 nitrogen and oxygen atoms in total. The van der Waals surface area contributed by atoms with E-state index >= 15 is 0 Å². The molecule has 1 rings (SSSR count). The van der Waals surface area contributed by atoms with Crippen LogP contribution in [0.5, 0.6) is 0 Å². The molecule has 2 N–H and O–H groups in total. The lowest BCUT2D eigenvalue weighted by molar-refractivity contribution is 0.240. The van der Waals surface area contributed by atoms with Crippen molar-refractivity contribution in [2.24, 2.45) is 0 Å². The van der Waals surface area contributed by atoms with Crippen LogP contribution in [0.3, 0.4) is 0 Å². The van der Waals surface area contributed by atoms with Crippen molar-refractivity contribution in [3.63, 3.8) is 0 Å². The van der Waals surface area contributed by atoms with Gasteiger partial charge in [-0.05, 0) is 41.8 Å². The van der Waals surface area contributed by atoms with Crippen LogP contribution in [0.4, 0.5) is 0 Å². The number of thiophene rings is 1. The molecule has 1 heterocycles. The summed E-state index contributed by atoms with van der Waals surface area (Å²) in [5.74, 6) is 0. The fourth-order valence-corrected chi connectivity index (χ4v) is 1.90. The van der Waals surface area contributed by atoms with E-state index < -0.39 is 0 Å². The van der Waals surface area contributed by atoms with E-state index in [0.717, 1.165) is 19.4 Å². The first-order valence-corrected chi connectivity index (χ1v) is 5.66. The summed E-state index contributed by atoms with van der Waals surface area (Å²) in [6.45, 7) is 3.27. The summed E-state index contributed by atoms with van der Waals surface area (Å²) in [6.07, 6.45) is 2.04. The Bertz CT molecular complexity index is 207. The minimum Gasteiger partial charge on any atom is -0.395 e. The SMILES string of the molecule is CC[C@@H](CO)NCCc1ccsc1. The third-order valence-electron chi connectivity index (χ3n) is 2.14. The van der Waals surface area contributed by atoms with Gasteiger partial charge in [-0.15, -0.1) is 0 Å². The number of nitrogens with one attached hydrogen (secondary N) is 1. The average Bonchev–Trinajstić information content (AvgIpc) is 2.65. The maximum Gasteiger partial charge on any atom is 0.0584 e. The number of hydrogen-bond acceptors (Lipinski definition) is 3. The number of rotatable bonds is 6. The highest BCUT2D eigenvalue weighted by Crippen LogP contribution is 2.05. The fraction of sp³-hybridized carbons (Fsp3) is 0.600. The zero-order valence-corrected chi connectivity index (χ0v) is 8.81. The molecule has 0 aromatic carbocycles. The van der Waals surface area contributed by atoms with Gasteiger partial charge >= 0.3 is 0 Å². The van der Waals surface area contributed by atoms with Crippen LogP contribution < -0.4 is 5.32 Å². The van der Waals surface area contributed by atoms with Crippen LogP contribution in [0.25, 0.3) is 0 Å². The quantitative estimate of drug-likeness (QED) is 0.730. The summed E-state index contributed by atoms with van der Waals surface area (Å²) >= 11 is 1.73. The van der Waals surface area contributed by atoms with Crippen molar-refractivity contribution < 1.29 is 5.11 Å². The molecule has 74 valence electrons. The van der Waals surface area contributed by atoms with Crippen molar-refractivity contribution in [3.8, 4) is 0 Å². The molecule has 1 atom stereocenters. The zero-order chi connectivity index (χ0) is 9.52. The Morgan fingerprint density at radius 2 is 2.46 bits per heavy atom. The molecule has 0 aliphatic heterocycles.